The van der Waals surface area contributed by atoms with Gasteiger partial charge in [0, 0.05) is 24.7 Å². The van der Waals surface area contributed by atoms with Crippen LogP contribution in [0, 0.1) is 5.82 Å². The van der Waals surface area contributed by atoms with Gasteiger partial charge in [0.1, 0.15) is 5.82 Å². The van der Waals surface area contributed by atoms with Crippen molar-refractivity contribution in [3.05, 3.63) is 54.0 Å². The number of amides is 1. The Kier molecular flexibility index (Phi) is 4.01. The molecule has 3 heterocycles. The number of halogens is 1. The van der Waals surface area contributed by atoms with Gasteiger partial charge in [0.05, 0.1) is 12.1 Å². The maximum atomic E-state index is 13.0. The molecule has 1 amide bonds. The predicted octanol–water partition coefficient (Wildman–Crippen LogP) is 2.88. The summed E-state index contributed by atoms with van der Waals surface area (Å²) in [7, 11) is 0. The SMILES string of the molecule is O=C(c1ccno1)N1CCCC(c2nnc(-c3ccc(F)cc3)o2)C1. The molecule has 1 unspecified atom stereocenters. The monoisotopic (exact) mass is 342 g/mol. The van der Waals surface area contributed by atoms with E-state index in [-0.39, 0.29) is 23.4 Å². The lowest BCUT2D eigenvalue weighted by atomic mass is 9.98. The van der Waals surface area contributed by atoms with Gasteiger partial charge in [-0.25, -0.2) is 4.39 Å². The van der Waals surface area contributed by atoms with Crippen molar-refractivity contribution in [2.45, 2.75) is 18.8 Å². The van der Waals surface area contributed by atoms with Crippen molar-refractivity contribution in [3.63, 3.8) is 0 Å². The summed E-state index contributed by atoms with van der Waals surface area (Å²) in [4.78, 5) is 14.1. The third-order valence-corrected chi connectivity index (χ3v) is 4.24. The molecule has 7 nitrogen and oxygen atoms in total. The van der Waals surface area contributed by atoms with E-state index in [1.54, 1.807) is 23.1 Å². The van der Waals surface area contributed by atoms with Gasteiger partial charge in [-0.2, -0.15) is 0 Å². The Bertz CT molecular complexity index is 860. The molecule has 1 atom stereocenters. The van der Waals surface area contributed by atoms with Gasteiger partial charge in [0.15, 0.2) is 0 Å². The quantitative estimate of drug-likeness (QED) is 0.727. The lowest BCUT2D eigenvalue weighted by molar-refractivity contribution is 0.0656. The Balaban J connectivity index is 1.50. The van der Waals surface area contributed by atoms with E-state index in [0.717, 1.165) is 12.8 Å². The highest BCUT2D eigenvalue weighted by molar-refractivity contribution is 5.91. The van der Waals surface area contributed by atoms with Crippen molar-refractivity contribution >= 4 is 5.91 Å². The average Bonchev–Trinajstić information content (AvgIpc) is 3.34. The Morgan fingerprint density at radius 1 is 1.20 bits per heavy atom. The second kappa shape index (κ2) is 6.46. The van der Waals surface area contributed by atoms with Crippen molar-refractivity contribution in [2.24, 2.45) is 0 Å². The molecule has 1 fully saturated rings. The molecule has 0 N–H and O–H groups in total. The molecule has 2 aromatic heterocycles. The van der Waals surface area contributed by atoms with Gasteiger partial charge in [-0.05, 0) is 37.1 Å². The normalized spacial score (nSPS) is 17.6. The first-order valence-corrected chi connectivity index (χ1v) is 8.00. The van der Waals surface area contributed by atoms with Crippen molar-refractivity contribution in [1.82, 2.24) is 20.3 Å². The lowest BCUT2D eigenvalue weighted by Crippen LogP contribution is -2.39. The van der Waals surface area contributed by atoms with Crippen LogP contribution in [0.4, 0.5) is 4.39 Å². The molecule has 3 aromatic rings. The zero-order valence-corrected chi connectivity index (χ0v) is 13.3. The van der Waals surface area contributed by atoms with E-state index >= 15 is 0 Å². The predicted molar refractivity (Wildman–Crippen MR) is 84.1 cm³/mol. The van der Waals surface area contributed by atoms with E-state index in [1.165, 1.54) is 18.3 Å². The third-order valence-electron chi connectivity index (χ3n) is 4.24. The molecule has 0 saturated carbocycles. The molecule has 128 valence electrons. The first-order chi connectivity index (χ1) is 12.2. The summed E-state index contributed by atoms with van der Waals surface area (Å²) >= 11 is 0. The molecule has 1 aliphatic rings. The Hall–Kier alpha value is -3.03. The number of likely N-dealkylation sites (tertiary alicyclic amines) is 1. The van der Waals surface area contributed by atoms with E-state index in [4.69, 9.17) is 8.94 Å². The molecule has 8 heteroatoms. The molecule has 4 rings (SSSR count). The van der Waals surface area contributed by atoms with Crippen LogP contribution in [0.25, 0.3) is 11.5 Å². The van der Waals surface area contributed by atoms with Gasteiger partial charge in [0.2, 0.25) is 17.5 Å². The van der Waals surface area contributed by atoms with E-state index in [9.17, 15) is 9.18 Å². The van der Waals surface area contributed by atoms with E-state index in [2.05, 4.69) is 15.4 Å². The number of carbonyl (C=O) groups is 1. The maximum Gasteiger partial charge on any atom is 0.292 e. The topological polar surface area (TPSA) is 85.3 Å². The summed E-state index contributed by atoms with van der Waals surface area (Å²) in [5, 5.41) is 11.7. The highest BCUT2D eigenvalue weighted by atomic mass is 19.1. The number of benzene rings is 1. The summed E-state index contributed by atoms with van der Waals surface area (Å²) < 4.78 is 23.7. The van der Waals surface area contributed by atoms with Gasteiger partial charge in [-0.3, -0.25) is 4.79 Å². The van der Waals surface area contributed by atoms with Gasteiger partial charge < -0.3 is 13.8 Å². The smallest absolute Gasteiger partial charge is 0.292 e. The third kappa shape index (κ3) is 3.15. The highest BCUT2D eigenvalue weighted by Crippen LogP contribution is 2.29. The number of nitrogens with zero attached hydrogens (tertiary/aromatic N) is 4. The van der Waals surface area contributed by atoms with Crippen LogP contribution in [0.15, 0.2) is 45.5 Å². The number of hydrogen-bond donors (Lipinski definition) is 0. The maximum absolute atomic E-state index is 13.0. The van der Waals surface area contributed by atoms with Gasteiger partial charge >= 0.3 is 0 Å². The van der Waals surface area contributed by atoms with Crippen LogP contribution >= 0.6 is 0 Å². The number of piperidine rings is 1. The first-order valence-electron chi connectivity index (χ1n) is 8.00. The van der Waals surface area contributed by atoms with Crippen molar-refractivity contribution in [3.8, 4) is 11.5 Å². The van der Waals surface area contributed by atoms with Crippen LogP contribution in [0.5, 0.6) is 0 Å². The fourth-order valence-electron chi connectivity index (χ4n) is 2.95. The summed E-state index contributed by atoms with van der Waals surface area (Å²) in [6, 6.07) is 7.42. The van der Waals surface area contributed by atoms with Crippen LogP contribution in [-0.4, -0.2) is 39.3 Å². The highest BCUT2D eigenvalue weighted by Gasteiger charge is 2.30. The van der Waals surface area contributed by atoms with E-state index < -0.39 is 0 Å². The molecule has 1 saturated heterocycles. The van der Waals surface area contributed by atoms with Crippen LogP contribution in [0.1, 0.15) is 35.2 Å². The van der Waals surface area contributed by atoms with Crippen molar-refractivity contribution in [2.75, 3.05) is 13.1 Å². The second-order valence-electron chi connectivity index (χ2n) is 5.92. The minimum atomic E-state index is -0.322. The lowest BCUT2D eigenvalue weighted by Gasteiger charge is -2.30. The van der Waals surface area contributed by atoms with Gasteiger partial charge in [-0.1, -0.05) is 5.16 Å². The molecular formula is C17H15FN4O3. The zero-order valence-electron chi connectivity index (χ0n) is 13.3. The largest absolute Gasteiger partial charge is 0.420 e. The van der Waals surface area contributed by atoms with E-state index in [0.29, 0.717) is 30.4 Å². The molecule has 0 bridgehead atoms. The number of rotatable bonds is 3. The summed E-state index contributed by atoms with van der Waals surface area (Å²) in [5.41, 5.74) is 0.658. The minimum Gasteiger partial charge on any atom is -0.420 e. The number of hydrogen-bond acceptors (Lipinski definition) is 6. The summed E-state index contributed by atoms with van der Waals surface area (Å²) in [6.07, 6.45) is 3.13. The second-order valence-corrected chi connectivity index (χ2v) is 5.92. The van der Waals surface area contributed by atoms with Gasteiger partial charge in [0.25, 0.3) is 5.91 Å². The fourth-order valence-corrected chi connectivity index (χ4v) is 2.95. The number of aromatic nitrogens is 3. The summed E-state index contributed by atoms with van der Waals surface area (Å²) in [6.45, 7) is 1.12. The van der Waals surface area contributed by atoms with Crippen LogP contribution in [0.3, 0.4) is 0 Å². The molecule has 1 aliphatic heterocycles. The standard InChI is InChI=1S/C17H15FN4O3/c18-13-5-3-11(4-6-13)15-20-21-16(24-15)12-2-1-9-22(10-12)17(23)14-7-8-19-25-14/h3-8,12H,1-2,9-10H2. The van der Waals surface area contributed by atoms with Crippen molar-refractivity contribution in [1.29, 1.82) is 0 Å². The molecule has 0 aliphatic carbocycles. The first kappa shape index (κ1) is 15.5. The molecule has 1 aromatic carbocycles. The Morgan fingerprint density at radius 3 is 2.80 bits per heavy atom. The van der Waals surface area contributed by atoms with Crippen LogP contribution < -0.4 is 0 Å². The number of carbonyl (C=O) groups excluding carboxylic acids is 1. The zero-order chi connectivity index (χ0) is 17.2. The molecular weight excluding hydrogens is 327 g/mol. The molecule has 0 spiro atoms. The fraction of sp³-hybridized carbons (Fsp3) is 0.294. The van der Waals surface area contributed by atoms with Crippen LogP contribution in [0.2, 0.25) is 0 Å². The van der Waals surface area contributed by atoms with Gasteiger partial charge in [-0.15, -0.1) is 10.2 Å². The Morgan fingerprint density at radius 2 is 2.04 bits per heavy atom. The summed E-state index contributed by atoms with van der Waals surface area (Å²) in [5.74, 6) is 0.487. The minimum absolute atomic E-state index is 0.0395. The van der Waals surface area contributed by atoms with Crippen LogP contribution in [-0.2, 0) is 0 Å². The van der Waals surface area contributed by atoms with E-state index in [1.807, 2.05) is 0 Å². The van der Waals surface area contributed by atoms with Crippen molar-refractivity contribution < 1.29 is 18.1 Å². The average molecular weight is 342 g/mol. The Labute approximate surface area is 142 Å². The molecule has 0 radical (unpaired) electrons. The molecule has 25 heavy (non-hydrogen) atoms.